The summed E-state index contributed by atoms with van der Waals surface area (Å²) < 4.78 is 42.9. The quantitative estimate of drug-likeness (QED) is 0.798. The van der Waals surface area contributed by atoms with Gasteiger partial charge < -0.3 is 9.64 Å². The van der Waals surface area contributed by atoms with E-state index in [0.717, 1.165) is 36.6 Å². The van der Waals surface area contributed by atoms with Gasteiger partial charge in [-0.3, -0.25) is 0 Å². The van der Waals surface area contributed by atoms with Crippen LogP contribution in [-0.4, -0.2) is 19.8 Å². The third-order valence-corrected chi connectivity index (χ3v) is 4.01. The molecule has 0 aliphatic carbocycles. The number of anilines is 2. The molecule has 0 atom stereocenters. The third-order valence-electron chi connectivity index (χ3n) is 4.01. The van der Waals surface area contributed by atoms with Crippen molar-refractivity contribution < 1.29 is 17.9 Å². The lowest BCUT2D eigenvalue weighted by Crippen LogP contribution is -2.13. The molecule has 5 heteroatoms. The lowest BCUT2D eigenvalue weighted by Gasteiger charge is -2.23. The van der Waals surface area contributed by atoms with E-state index < -0.39 is 12.6 Å². The Morgan fingerprint density at radius 3 is 2.43 bits per heavy atom. The van der Waals surface area contributed by atoms with Crippen LogP contribution >= 0.6 is 0 Å². The fraction of sp³-hybridized carbons (Fsp3) is 0.333. The SMILES string of the molecule is CN(c1ccc(CC(F)(F)F)cc1)c1ccc2c(c1)OCCC2. The standard InChI is InChI=1S/C18H18F3NO/c1-22(15-7-4-13(5-8-15)12-18(19,20)21)16-9-6-14-3-2-10-23-17(14)11-16/h4-9,11H,2-3,10,12H2,1H3. The van der Waals surface area contributed by atoms with Gasteiger partial charge in [0.15, 0.2) is 0 Å². The summed E-state index contributed by atoms with van der Waals surface area (Å²) >= 11 is 0. The van der Waals surface area contributed by atoms with E-state index >= 15 is 0 Å². The van der Waals surface area contributed by atoms with Gasteiger partial charge in [0, 0.05) is 24.5 Å². The molecule has 0 amide bonds. The summed E-state index contributed by atoms with van der Waals surface area (Å²) in [6.45, 7) is 0.728. The molecule has 2 aromatic rings. The number of nitrogens with zero attached hydrogens (tertiary/aromatic N) is 1. The number of benzene rings is 2. The van der Waals surface area contributed by atoms with Crippen molar-refractivity contribution in [2.75, 3.05) is 18.6 Å². The summed E-state index contributed by atoms with van der Waals surface area (Å²) in [4.78, 5) is 1.94. The number of rotatable bonds is 3. The maximum absolute atomic E-state index is 12.4. The number of hydrogen-bond acceptors (Lipinski definition) is 2. The zero-order valence-corrected chi connectivity index (χ0v) is 12.9. The van der Waals surface area contributed by atoms with Crippen LogP contribution in [0.25, 0.3) is 0 Å². The second-order valence-corrected chi connectivity index (χ2v) is 5.76. The number of fused-ring (bicyclic) bond motifs is 1. The molecule has 1 heterocycles. The topological polar surface area (TPSA) is 12.5 Å². The van der Waals surface area contributed by atoms with Gasteiger partial charge in [-0.1, -0.05) is 18.2 Å². The highest BCUT2D eigenvalue weighted by atomic mass is 19.4. The van der Waals surface area contributed by atoms with Gasteiger partial charge in [-0.05, 0) is 42.2 Å². The first-order valence-electron chi connectivity index (χ1n) is 7.57. The number of ether oxygens (including phenoxy) is 1. The fourth-order valence-corrected chi connectivity index (χ4v) is 2.76. The van der Waals surface area contributed by atoms with E-state index in [1.54, 1.807) is 12.1 Å². The van der Waals surface area contributed by atoms with Crippen LogP contribution in [0.3, 0.4) is 0 Å². The average Bonchev–Trinajstić information content (AvgIpc) is 2.53. The van der Waals surface area contributed by atoms with Crippen LogP contribution < -0.4 is 9.64 Å². The Morgan fingerprint density at radius 1 is 1.04 bits per heavy atom. The molecular weight excluding hydrogens is 303 g/mol. The molecule has 0 fully saturated rings. The van der Waals surface area contributed by atoms with Gasteiger partial charge in [0.1, 0.15) is 5.75 Å². The van der Waals surface area contributed by atoms with Gasteiger partial charge in [-0.15, -0.1) is 0 Å². The molecule has 1 aliphatic rings. The normalized spacial score (nSPS) is 14.1. The minimum atomic E-state index is -4.18. The lowest BCUT2D eigenvalue weighted by molar-refractivity contribution is -0.127. The molecule has 2 aromatic carbocycles. The second-order valence-electron chi connectivity index (χ2n) is 5.76. The van der Waals surface area contributed by atoms with Crippen molar-refractivity contribution in [3.05, 3.63) is 53.6 Å². The van der Waals surface area contributed by atoms with Crippen LogP contribution in [0.1, 0.15) is 17.5 Å². The highest BCUT2D eigenvalue weighted by Gasteiger charge is 2.27. The molecule has 122 valence electrons. The monoisotopic (exact) mass is 321 g/mol. The van der Waals surface area contributed by atoms with Crippen molar-refractivity contribution >= 4 is 11.4 Å². The van der Waals surface area contributed by atoms with E-state index in [1.807, 2.05) is 24.1 Å². The van der Waals surface area contributed by atoms with Gasteiger partial charge in [0.2, 0.25) is 0 Å². The van der Waals surface area contributed by atoms with Crippen LogP contribution in [0.4, 0.5) is 24.5 Å². The molecule has 0 unspecified atom stereocenters. The van der Waals surface area contributed by atoms with E-state index in [9.17, 15) is 13.2 Å². The minimum Gasteiger partial charge on any atom is -0.493 e. The Kier molecular flexibility index (Phi) is 4.20. The lowest BCUT2D eigenvalue weighted by atomic mass is 10.1. The zero-order chi connectivity index (χ0) is 16.4. The average molecular weight is 321 g/mol. The molecule has 0 radical (unpaired) electrons. The highest BCUT2D eigenvalue weighted by molar-refractivity contribution is 5.65. The van der Waals surface area contributed by atoms with E-state index in [4.69, 9.17) is 4.74 Å². The predicted octanol–water partition coefficient (Wildman–Crippen LogP) is 4.88. The minimum absolute atomic E-state index is 0.267. The number of aryl methyl sites for hydroxylation is 1. The number of alkyl halides is 3. The molecule has 0 spiro atoms. The third kappa shape index (κ3) is 3.78. The highest BCUT2D eigenvalue weighted by Crippen LogP contribution is 2.32. The maximum Gasteiger partial charge on any atom is 0.393 e. The fourth-order valence-electron chi connectivity index (χ4n) is 2.76. The largest absolute Gasteiger partial charge is 0.493 e. The van der Waals surface area contributed by atoms with Gasteiger partial charge in [0.05, 0.1) is 13.0 Å². The number of hydrogen-bond donors (Lipinski definition) is 0. The summed E-state index contributed by atoms with van der Waals surface area (Å²) in [7, 11) is 1.89. The van der Waals surface area contributed by atoms with Crippen molar-refractivity contribution in [2.45, 2.75) is 25.4 Å². The van der Waals surface area contributed by atoms with Crippen molar-refractivity contribution in [3.63, 3.8) is 0 Å². The van der Waals surface area contributed by atoms with Crippen molar-refractivity contribution in [1.29, 1.82) is 0 Å². The van der Waals surface area contributed by atoms with Crippen molar-refractivity contribution in [3.8, 4) is 5.75 Å². The molecule has 0 saturated carbocycles. The Hall–Kier alpha value is -2.17. The molecule has 23 heavy (non-hydrogen) atoms. The summed E-state index contributed by atoms with van der Waals surface area (Å²) in [6.07, 6.45) is -3.03. The maximum atomic E-state index is 12.4. The molecule has 3 rings (SSSR count). The zero-order valence-electron chi connectivity index (χ0n) is 12.9. The van der Waals surface area contributed by atoms with Gasteiger partial charge in [-0.25, -0.2) is 0 Å². The van der Waals surface area contributed by atoms with Crippen LogP contribution in [0.2, 0.25) is 0 Å². The molecule has 0 aromatic heterocycles. The van der Waals surface area contributed by atoms with Crippen molar-refractivity contribution in [1.82, 2.24) is 0 Å². The van der Waals surface area contributed by atoms with E-state index in [2.05, 4.69) is 6.07 Å². The first-order chi connectivity index (χ1) is 10.9. The predicted molar refractivity (Wildman–Crippen MR) is 84.5 cm³/mol. The van der Waals surface area contributed by atoms with Crippen molar-refractivity contribution in [2.24, 2.45) is 0 Å². The van der Waals surface area contributed by atoms with Crippen LogP contribution in [0.15, 0.2) is 42.5 Å². The van der Waals surface area contributed by atoms with E-state index in [1.165, 1.54) is 17.7 Å². The van der Waals surface area contributed by atoms with Gasteiger partial charge in [0.25, 0.3) is 0 Å². The first-order valence-corrected chi connectivity index (χ1v) is 7.57. The molecule has 0 bridgehead atoms. The van der Waals surface area contributed by atoms with E-state index in [-0.39, 0.29) is 5.56 Å². The van der Waals surface area contributed by atoms with E-state index in [0.29, 0.717) is 0 Å². The summed E-state index contributed by atoms with van der Waals surface area (Å²) in [5.41, 5.74) is 3.26. The van der Waals surface area contributed by atoms with Crippen LogP contribution in [0, 0.1) is 0 Å². The number of halogens is 3. The summed E-state index contributed by atoms with van der Waals surface area (Å²) in [5, 5.41) is 0. The van der Waals surface area contributed by atoms with Crippen LogP contribution in [-0.2, 0) is 12.8 Å². The summed E-state index contributed by atoms with van der Waals surface area (Å²) in [6, 6.07) is 12.5. The van der Waals surface area contributed by atoms with Crippen LogP contribution in [0.5, 0.6) is 5.75 Å². The molecule has 2 nitrogen and oxygen atoms in total. The molecule has 1 aliphatic heterocycles. The Morgan fingerprint density at radius 2 is 1.74 bits per heavy atom. The Bertz CT molecular complexity index is 680. The Labute approximate surface area is 133 Å². The first kappa shape index (κ1) is 15.7. The molecule has 0 saturated heterocycles. The van der Waals surface area contributed by atoms with Gasteiger partial charge >= 0.3 is 6.18 Å². The Balaban J connectivity index is 1.78. The second kappa shape index (κ2) is 6.14. The smallest absolute Gasteiger partial charge is 0.393 e. The molecule has 0 N–H and O–H groups in total. The van der Waals surface area contributed by atoms with Gasteiger partial charge in [-0.2, -0.15) is 13.2 Å². The molecular formula is C18H18F3NO. The summed E-state index contributed by atoms with van der Waals surface area (Å²) in [5.74, 6) is 0.897.